The van der Waals surface area contributed by atoms with Crippen molar-refractivity contribution in [3.8, 4) is 0 Å². The molecule has 1 aliphatic rings. The summed E-state index contributed by atoms with van der Waals surface area (Å²) in [6.45, 7) is 0.940. The molecule has 1 aliphatic heterocycles. The number of fused-ring (bicyclic) bond motifs is 1. The third-order valence-electron chi connectivity index (χ3n) is 5.42. The summed E-state index contributed by atoms with van der Waals surface area (Å²) in [5, 5.41) is 0.235. The van der Waals surface area contributed by atoms with Crippen LogP contribution < -0.4 is 17.0 Å². The molecule has 0 saturated carbocycles. The van der Waals surface area contributed by atoms with Gasteiger partial charge in [0.05, 0.1) is 10.9 Å². The van der Waals surface area contributed by atoms with Crippen LogP contribution in [0.15, 0.2) is 52.2 Å². The average molecular weight is 379 g/mol. The second-order valence-electron chi connectivity index (χ2n) is 7.19. The van der Waals surface area contributed by atoms with Crippen molar-refractivity contribution in [2.75, 3.05) is 13.1 Å². The van der Waals surface area contributed by atoms with Crippen LogP contribution in [-0.2, 0) is 14.1 Å². The highest BCUT2D eigenvalue weighted by atomic mass is 16.2. The fourth-order valence-electron chi connectivity index (χ4n) is 3.81. The molecule has 4 rings (SSSR count). The summed E-state index contributed by atoms with van der Waals surface area (Å²) in [6, 6.07) is 11.2. The van der Waals surface area contributed by atoms with Gasteiger partial charge in [0.15, 0.2) is 0 Å². The number of benzene rings is 1. The highest BCUT2D eigenvalue weighted by Gasteiger charge is 2.34. The first-order chi connectivity index (χ1) is 13.4. The van der Waals surface area contributed by atoms with Gasteiger partial charge in [0.25, 0.3) is 11.5 Å². The number of nitrogens with zero attached hydrogens (tertiary/aromatic N) is 4. The molecule has 0 spiro atoms. The van der Waals surface area contributed by atoms with Crippen LogP contribution in [0.2, 0.25) is 0 Å². The molecule has 1 saturated heterocycles. The Labute approximate surface area is 160 Å². The molecule has 0 aliphatic carbocycles. The van der Waals surface area contributed by atoms with Crippen LogP contribution in [-0.4, -0.2) is 44.1 Å². The molecule has 144 valence electrons. The van der Waals surface area contributed by atoms with E-state index in [1.165, 1.54) is 23.9 Å². The van der Waals surface area contributed by atoms with E-state index in [9.17, 15) is 14.4 Å². The summed E-state index contributed by atoms with van der Waals surface area (Å²) >= 11 is 0. The second-order valence-corrected chi connectivity index (χ2v) is 7.19. The van der Waals surface area contributed by atoms with Gasteiger partial charge in [0, 0.05) is 45.3 Å². The summed E-state index contributed by atoms with van der Waals surface area (Å²) in [7, 11) is 2.95. The van der Waals surface area contributed by atoms with Gasteiger partial charge in [0.1, 0.15) is 5.65 Å². The molecule has 0 bridgehead atoms. The maximum absolute atomic E-state index is 13.0. The maximum Gasteiger partial charge on any atom is 0.332 e. The van der Waals surface area contributed by atoms with E-state index >= 15 is 0 Å². The average Bonchev–Trinajstić information content (AvgIpc) is 3.12. The molecule has 28 heavy (non-hydrogen) atoms. The number of rotatable bonds is 2. The van der Waals surface area contributed by atoms with E-state index in [2.05, 4.69) is 4.98 Å². The summed E-state index contributed by atoms with van der Waals surface area (Å²) in [5.74, 6) is -0.161. The minimum absolute atomic E-state index is 0.0623. The predicted molar refractivity (Wildman–Crippen MR) is 105 cm³/mol. The third kappa shape index (κ3) is 2.82. The zero-order valence-corrected chi connectivity index (χ0v) is 15.7. The standard InChI is InChI=1S/C20H21N5O3/c1-23-17-14(19(27)24(2)20(23)28)8-13(9-22-17)18(26)25-10-15(16(21)11-25)12-6-4-3-5-7-12/h3-9,15-16H,10-11,21H2,1-2H3/t15-,16+/m0/s1. The van der Waals surface area contributed by atoms with Crippen molar-refractivity contribution in [1.29, 1.82) is 0 Å². The van der Waals surface area contributed by atoms with Gasteiger partial charge < -0.3 is 10.6 Å². The van der Waals surface area contributed by atoms with Crippen LogP contribution in [0.3, 0.4) is 0 Å². The van der Waals surface area contributed by atoms with Crippen LogP contribution >= 0.6 is 0 Å². The van der Waals surface area contributed by atoms with Crippen molar-refractivity contribution in [3.63, 3.8) is 0 Å². The molecule has 2 N–H and O–H groups in total. The largest absolute Gasteiger partial charge is 0.336 e. The number of pyridine rings is 1. The molecule has 0 radical (unpaired) electrons. The first kappa shape index (κ1) is 18.1. The Balaban J connectivity index is 1.68. The van der Waals surface area contributed by atoms with Gasteiger partial charge in [-0.1, -0.05) is 30.3 Å². The topological polar surface area (TPSA) is 103 Å². The van der Waals surface area contributed by atoms with Crippen molar-refractivity contribution < 1.29 is 4.79 Å². The monoisotopic (exact) mass is 379 g/mol. The quantitative estimate of drug-likeness (QED) is 0.685. The highest BCUT2D eigenvalue weighted by molar-refractivity contribution is 5.97. The van der Waals surface area contributed by atoms with E-state index in [4.69, 9.17) is 5.73 Å². The lowest BCUT2D eigenvalue weighted by Crippen LogP contribution is -2.37. The van der Waals surface area contributed by atoms with Gasteiger partial charge in [-0.05, 0) is 11.6 Å². The zero-order valence-electron chi connectivity index (χ0n) is 15.7. The molecule has 3 aromatic rings. The Morgan fingerprint density at radius 1 is 1.11 bits per heavy atom. The van der Waals surface area contributed by atoms with Gasteiger partial charge in [-0.25, -0.2) is 9.78 Å². The number of likely N-dealkylation sites (tertiary alicyclic amines) is 1. The number of hydrogen-bond acceptors (Lipinski definition) is 5. The van der Waals surface area contributed by atoms with E-state index in [1.807, 2.05) is 30.3 Å². The highest BCUT2D eigenvalue weighted by Crippen LogP contribution is 2.27. The number of carbonyl (C=O) groups excluding carboxylic acids is 1. The number of amides is 1. The van der Waals surface area contributed by atoms with Crippen molar-refractivity contribution in [1.82, 2.24) is 19.0 Å². The van der Waals surface area contributed by atoms with Gasteiger partial charge in [-0.15, -0.1) is 0 Å². The van der Waals surface area contributed by atoms with E-state index in [0.29, 0.717) is 18.7 Å². The Morgan fingerprint density at radius 2 is 1.82 bits per heavy atom. The molecule has 8 nitrogen and oxygen atoms in total. The van der Waals surface area contributed by atoms with Crippen molar-refractivity contribution in [2.24, 2.45) is 19.8 Å². The van der Waals surface area contributed by atoms with Crippen LogP contribution in [0.5, 0.6) is 0 Å². The van der Waals surface area contributed by atoms with Gasteiger partial charge in [0.2, 0.25) is 0 Å². The number of aryl methyl sites for hydroxylation is 1. The second kappa shape index (κ2) is 6.72. The van der Waals surface area contributed by atoms with E-state index in [0.717, 1.165) is 10.1 Å². The van der Waals surface area contributed by atoms with E-state index < -0.39 is 11.2 Å². The zero-order chi connectivity index (χ0) is 20.0. The van der Waals surface area contributed by atoms with Gasteiger partial charge in [-0.3, -0.25) is 18.7 Å². The minimum atomic E-state index is -0.472. The van der Waals surface area contributed by atoms with Gasteiger partial charge in [-0.2, -0.15) is 0 Å². The fraction of sp³-hybridized carbons (Fsp3) is 0.300. The smallest absolute Gasteiger partial charge is 0.332 e. The number of nitrogens with two attached hydrogens (primary N) is 1. The number of carbonyl (C=O) groups is 1. The Bertz CT molecular complexity index is 1180. The van der Waals surface area contributed by atoms with Crippen LogP contribution in [0.25, 0.3) is 11.0 Å². The minimum Gasteiger partial charge on any atom is -0.336 e. The fourth-order valence-corrected chi connectivity index (χ4v) is 3.81. The van der Waals surface area contributed by atoms with Gasteiger partial charge >= 0.3 is 5.69 Å². The predicted octanol–water partition coefficient (Wildman–Crippen LogP) is 0.199. The summed E-state index contributed by atoms with van der Waals surface area (Å²) in [5.41, 5.74) is 7.02. The number of aromatic nitrogens is 3. The van der Waals surface area contributed by atoms with E-state index in [1.54, 1.807) is 11.9 Å². The SMILES string of the molecule is Cn1c(=O)c2cc(C(=O)N3C[C@@H](N)[C@H](c4ccccc4)C3)cnc2n(C)c1=O. The summed E-state index contributed by atoms with van der Waals surface area (Å²) in [4.78, 5) is 43.4. The Morgan fingerprint density at radius 3 is 2.54 bits per heavy atom. The normalized spacial score (nSPS) is 19.3. The molecular formula is C20H21N5O3. The molecule has 1 amide bonds. The van der Waals surface area contributed by atoms with E-state index in [-0.39, 0.29) is 28.9 Å². The molecule has 1 aromatic carbocycles. The lowest BCUT2D eigenvalue weighted by atomic mass is 9.95. The third-order valence-corrected chi connectivity index (χ3v) is 5.42. The summed E-state index contributed by atoms with van der Waals surface area (Å²) < 4.78 is 2.30. The molecule has 1 fully saturated rings. The van der Waals surface area contributed by atoms with Crippen molar-refractivity contribution in [2.45, 2.75) is 12.0 Å². The van der Waals surface area contributed by atoms with Crippen LogP contribution in [0, 0.1) is 0 Å². The molecule has 2 atom stereocenters. The maximum atomic E-state index is 13.0. The van der Waals surface area contributed by atoms with Crippen molar-refractivity contribution >= 4 is 16.9 Å². The molecule has 0 unspecified atom stereocenters. The summed E-state index contributed by atoms with van der Waals surface area (Å²) in [6.07, 6.45) is 1.41. The lowest BCUT2D eigenvalue weighted by Gasteiger charge is -2.17. The van der Waals surface area contributed by atoms with Crippen molar-refractivity contribution in [3.05, 3.63) is 74.6 Å². The van der Waals surface area contributed by atoms with Crippen LogP contribution in [0.1, 0.15) is 21.8 Å². The molecule has 3 heterocycles. The first-order valence-corrected chi connectivity index (χ1v) is 9.04. The molecule has 8 heteroatoms. The lowest BCUT2D eigenvalue weighted by molar-refractivity contribution is 0.0789. The Kier molecular flexibility index (Phi) is 4.35. The van der Waals surface area contributed by atoms with Crippen LogP contribution in [0.4, 0.5) is 0 Å². The number of hydrogen-bond donors (Lipinski definition) is 1. The molecular weight excluding hydrogens is 358 g/mol. The molecule has 2 aromatic heterocycles. The first-order valence-electron chi connectivity index (χ1n) is 9.04. The Hall–Kier alpha value is -3.26.